The number of ether oxygens (including phenoxy) is 1. The molecule has 6 aromatic rings. The van der Waals surface area contributed by atoms with Crippen LogP contribution in [-0.4, -0.2) is 37.5 Å². The SMILES string of the molecule is O=C1c2c(nc(CCc3ccc(F)cc3)c(-c3noc(=O)[nH]3)c2-c2cc3ccnc(OCc4ccc(F)c(F)c4)c3s2)[C@@H]2CCCN12. The van der Waals surface area contributed by atoms with E-state index in [1.165, 1.54) is 29.5 Å². The highest BCUT2D eigenvalue weighted by atomic mass is 32.1. The number of hydrogen-bond acceptors (Lipinski definition) is 8. The number of pyridine rings is 2. The van der Waals surface area contributed by atoms with Crippen molar-refractivity contribution >= 4 is 27.3 Å². The summed E-state index contributed by atoms with van der Waals surface area (Å²) in [6.45, 7) is 0.563. The predicted octanol–water partition coefficient (Wildman–Crippen LogP) is 6.77. The third-order valence-corrected chi connectivity index (χ3v) is 9.75. The lowest BCUT2D eigenvalue weighted by Gasteiger charge is -2.16. The lowest BCUT2D eigenvalue weighted by Crippen LogP contribution is -2.22. The topological polar surface area (TPSA) is 114 Å². The van der Waals surface area contributed by atoms with E-state index in [4.69, 9.17) is 14.2 Å². The van der Waals surface area contributed by atoms with Gasteiger partial charge in [-0.3, -0.25) is 19.3 Å². The van der Waals surface area contributed by atoms with Crippen molar-refractivity contribution in [3.8, 4) is 27.7 Å². The molecule has 4 aromatic heterocycles. The highest BCUT2D eigenvalue weighted by molar-refractivity contribution is 7.22. The van der Waals surface area contributed by atoms with E-state index in [1.807, 2.05) is 17.0 Å². The number of aromatic amines is 1. The number of halogens is 3. The smallest absolute Gasteiger partial charge is 0.439 e. The van der Waals surface area contributed by atoms with Crippen LogP contribution >= 0.6 is 11.3 Å². The fourth-order valence-electron chi connectivity index (χ4n) is 6.43. The average Bonchev–Trinajstić information content (AvgIpc) is 3.87. The molecule has 6 heterocycles. The molecule has 2 aromatic carbocycles. The highest BCUT2D eigenvalue weighted by Crippen LogP contribution is 2.50. The molecule has 1 N–H and O–H groups in total. The van der Waals surface area contributed by atoms with Crippen molar-refractivity contribution in [3.63, 3.8) is 0 Å². The molecule has 0 bridgehead atoms. The van der Waals surface area contributed by atoms with Crippen molar-refractivity contribution in [2.45, 2.75) is 38.3 Å². The maximum atomic E-state index is 14.0. The van der Waals surface area contributed by atoms with Gasteiger partial charge in [0.25, 0.3) is 5.91 Å². The van der Waals surface area contributed by atoms with E-state index >= 15 is 0 Å². The molecule has 2 aliphatic heterocycles. The van der Waals surface area contributed by atoms with Crippen LogP contribution in [0.2, 0.25) is 0 Å². The molecule has 0 saturated carbocycles. The highest BCUT2D eigenvalue weighted by Gasteiger charge is 2.44. The minimum absolute atomic E-state index is 0.0463. The Balaban J connectivity index is 1.28. The number of benzene rings is 2. The Bertz CT molecular complexity index is 2250. The van der Waals surface area contributed by atoms with Crippen LogP contribution in [0.3, 0.4) is 0 Å². The summed E-state index contributed by atoms with van der Waals surface area (Å²) in [4.78, 5) is 40.9. The second-order valence-electron chi connectivity index (χ2n) is 11.5. The van der Waals surface area contributed by atoms with Gasteiger partial charge in [-0.2, -0.15) is 0 Å². The number of H-pyrrole nitrogens is 1. The standard InChI is InChI=1S/C34H24F3N5O4S/c35-20-7-3-17(4-8-20)6-10-23-26(31-40-34(44)46-41-31)27(28-29(39-23)24-2-1-13-42(24)33(28)43)25-15-19-11-12-38-32(30(19)47-25)45-16-18-5-9-21(36)22(37)14-18/h3-5,7-9,11-12,14-15,24H,1-2,6,10,13,16H2,(H,40,41,44)/t24-/m0/s1. The number of hydrogen-bond donors (Lipinski definition) is 1. The molecular formula is C34H24F3N5O4S. The number of aromatic nitrogens is 4. The Labute approximate surface area is 268 Å². The molecule has 2 aliphatic rings. The van der Waals surface area contributed by atoms with Crippen LogP contribution in [0.5, 0.6) is 5.88 Å². The Hall–Kier alpha value is -5.30. The molecule has 9 nitrogen and oxygen atoms in total. The Kier molecular flexibility index (Phi) is 7.12. The molecule has 1 atom stereocenters. The van der Waals surface area contributed by atoms with Crippen molar-refractivity contribution in [3.05, 3.63) is 117 Å². The van der Waals surface area contributed by atoms with Crippen LogP contribution in [0, 0.1) is 17.5 Å². The van der Waals surface area contributed by atoms with Gasteiger partial charge in [0.1, 0.15) is 12.4 Å². The lowest BCUT2D eigenvalue weighted by molar-refractivity contribution is 0.0776. The number of carbonyl (C=O) groups excluding carboxylic acids is 1. The summed E-state index contributed by atoms with van der Waals surface area (Å²) >= 11 is 1.34. The Morgan fingerprint density at radius 3 is 2.57 bits per heavy atom. The van der Waals surface area contributed by atoms with E-state index < -0.39 is 17.4 Å². The van der Waals surface area contributed by atoms with E-state index in [9.17, 15) is 22.8 Å². The number of carbonyl (C=O) groups is 1. The van der Waals surface area contributed by atoms with Crippen molar-refractivity contribution in [1.82, 2.24) is 25.0 Å². The van der Waals surface area contributed by atoms with E-state index in [2.05, 4.69) is 15.1 Å². The van der Waals surface area contributed by atoms with Crippen LogP contribution < -0.4 is 10.5 Å². The summed E-state index contributed by atoms with van der Waals surface area (Å²) in [5, 5.41) is 4.80. The summed E-state index contributed by atoms with van der Waals surface area (Å²) in [6, 6.07) is 13.4. The van der Waals surface area contributed by atoms with E-state index in [1.54, 1.807) is 18.3 Å². The number of nitrogens with zero attached hydrogens (tertiary/aromatic N) is 4. The zero-order chi connectivity index (χ0) is 32.2. The first-order valence-corrected chi connectivity index (χ1v) is 15.8. The maximum absolute atomic E-state index is 14.0. The number of thiophene rings is 1. The molecule has 47 heavy (non-hydrogen) atoms. The number of nitrogens with one attached hydrogen (secondary N) is 1. The van der Waals surface area contributed by atoms with Gasteiger partial charge < -0.3 is 9.64 Å². The summed E-state index contributed by atoms with van der Waals surface area (Å²) in [6.07, 6.45) is 4.15. The number of rotatable bonds is 8. The van der Waals surface area contributed by atoms with Crippen LogP contribution in [-0.2, 0) is 19.4 Å². The molecule has 0 spiro atoms. The molecule has 1 amide bonds. The fraction of sp³-hybridized carbons (Fsp3) is 0.206. The van der Waals surface area contributed by atoms with Gasteiger partial charge >= 0.3 is 5.76 Å². The van der Waals surface area contributed by atoms with Crippen LogP contribution in [0.1, 0.15) is 51.8 Å². The maximum Gasteiger partial charge on any atom is 0.439 e. The summed E-state index contributed by atoms with van der Waals surface area (Å²) in [7, 11) is 0. The summed E-state index contributed by atoms with van der Waals surface area (Å²) < 4.78 is 52.5. The van der Waals surface area contributed by atoms with Crippen LogP contribution in [0.4, 0.5) is 13.2 Å². The van der Waals surface area contributed by atoms with Crippen molar-refractivity contribution < 1.29 is 27.2 Å². The van der Waals surface area contributed by atoms with Gasteiger partial charge in [0, 0.05) is 28.6 Å². The first-order valence-electron chi connectivity index (χ1n) is 15.0. The predicted molar refractivity (Wildman–Crippen MR) is 166 cm³/mol. The van der Waals surface area contributed by atoms with E-state index in [0.29, 0.717) is 62.6 Å². The largest absolute Gasteiger partial charge is 0.472 e. The normalized spacial score (nSPS) is 15.4. The molecule has 8 rings (SSSR count). The van der Waals surface area contributed by atoms with Gasteiger partial charge in [0.15, 0.2) is 17.5 Å². The number of fused-ring (bicyclic) bond motifs is 4. The third-order valence-electron chi connectivity index (χ3n) is 8.59. The minimum atomic E-state index is -0.971. The lowest BCUT2D eigenvalue weighted by atomic mass is 9.92. The Morgan fingerprint density at radius 2 is 1.79 bits per heavy atom. The molecule has 0 unspecified atom stereocenters. The second kappa shape index (κ2) is 11.5. The van der Waals surface area contributed by atoms with Gasteiger partial charge in [-0.15, -0.1) is 11.3 Å². The molecule has 0 radical (unpaired) electrons. The first-order chi connectivity index (χ1) is 22.8. The molecule has 1 saturated heterocycles. The van der Waals surface area contributed by atoms with E-state index in [-0.39, 0.29) is 36.1 Å². The molecule has 1 fully saturated rings. The number of amides is 1. The van der Waals surface area contributed by atoms with Crippen molar-refractivity contribution in [2.24, 2.45) is 0 Å². The van der Waals surface area contributed by atoms with Gasteiger partial charge in [-0.05, 0) is 73.2 Å². The van der Waals surface area contributed by atoms with Gasteiger partial charge in [-0.25, -0.2) is 22.9 Å². The van der Waals surface area contributed by atoms with Crippen LogP contribution in [0.25, 0.3) is 31.9 Å². The second-order valence-corrected chi connectivity index (χ2v) is 12.5. The van der Waals surface area contributed by atoms with Gasteiger partial charge in [0.2, 0.25) is 5.88 Å². The fourth-order valence-corrected chi connectivity index (χ4v) is 7.59. The summed E-state index contributed by atoms with van der Waals surface area (Å²) in [5.74, 6) is -2.73. The monoisotopic (exact) mass is 655 g/mol. The molecule has 236 valence electrons. The van der Waals surface area contributed by atoms with Crippen LogP contribution in [0.15, 0.2) is 70.1 Å². The number of aryl methyl sites for hydroxylation is 2. The minimum Gasteiger partial charge on any atom is -0.472 e. The molecule has 0 aliphatic carbocycles. The molecular weight excluding hydrogens is 631 g/mol. The first kappa shape index (κ1) is 29.1. The van der Waals surface area contributed by atoms with Gasteiger partial charge in [-0.1, -0.05) is 23.4 Å². The zero-order valence-corrected chi connectivity index (χ0v) is 25.4. The van der Waals surface area contributed by atoms with Gasteiger partial charge in [0.05, 0.1) is 33.3 Å². The Morgan fingerprint density at radius 1 is 0.957 bits per heavy atom. The van der Waals surface area contributed by atoms with Crippen molar-refractivity contribution in [1.29, 1.82) is 0 Å². The average molecular weight is 656 g/mol. The third kappa shape index (κ3) is 5.16. The quantitative estimate of drug-likeness (QED) is 0.192. The van der Waals surface area contributed by atoms with E-state index in [0.717, 1.165) is 35.9 Å². The summed E-state index contributed by atoms with van der Waals surface area (Å²) in [5.41, 5.74) is 4.10. The van der Waals surface area contributed by atoms with Crippen molar-refractivity contribution in [2.75, 3.05) is 6.54 Å². The zero-order valence-electron chi connectivity index (χ0n) is 24.6. The molecule has 13 heteroatoms.